The maximum Gasteiger partial charge on any atom is 0.0431 e. The van der Waals surface area contributed by atoms with E-state index in [0.717, 1.165) is 25.4 Å². The third-order valence-corrected chi connectivity index (χ3v) is 3.36. The molecule has 1 saturated heterocycles. The number of rotatable bonds is 6. The number of hydrogen-bond donors (Lipinski definition) is 2. The predicted molar refractivity (Wildman–Crippen MR) is 54.7 cm³/mol. The van der Waals surface area contributed by atoms with Crippen molar-refractivity contribution in [3.63, 3.8) is 0 Å². The normalized spacial score (nSPS) is 23.2. The molecule has 1 aliphatic rings. The molecule has 2 nitrogen and oxygen atoms in total. The molecule has 0 aromatic rings. The summed E-state index contributed by atoms with van der Waals surface area (Å²) in [7, 11) is 0. The van der Waals surface area contributed by atoms with Crippen LogP contribution in [0.4, 0.5) is 0 Å². The minimum Gasteiger partial charge on any atom is -0.396 e. The highest BCUT2D eigenvalue weighted by molar-refractivity contribution is 7.99. The summed E-state index contributed by atoms with van der Waals surface area (Å²) in [5.74, 6) is 2.62. The summed E-state index contributed by atoms with van der Waals surface area (Å²) in [6.45, 7) is 1.48. The first-order valence-electron chi connectivity index (χ1n) is 4.85. The fourth-order valence-electron chi connectivity index (χ4n) is 1.42. The SMILES string of the molecule is OCCCCCNC1CCSC1. The zero-order chi connectivity index (χ0) is 8.65. The highest BCUT2D eigenvalue weighted by atomic mass is 32.2. The first kappa shape index (κ1) is 10.4. The summed E-state index contributed by atoms with van der Waals surface area (Å²) in [4.78, 5) is 0. The van der Waals surface area contributed by atoms with Crippen LogP contribution in [0, 0.1) is 0 Å². The Labute approximate surface area is 79.1 Å². The third kappa shape index (κ3) is 4.33. The number of unbranched alkanes of at least 4 members (excludes halogenated alkanes) is 2. The number of nitrogens with one attached hydrogen (secondary N) is 1. The van der Waals surface area contributed by atoms with Crippen molar-refractivity contribution in [2.45, 2.75) is 31.7 Å². The van der Waals surface area contributed by atoms with E-state index in [9.17, 15) is 0 Å². The zero-order valence-corrected chi connectivity index (χ0v) is 8.41. The summed E-state index contributed by atoms with van der Waals surface area (Å²) in [5, 5.41) is 12.1. The summed E-state index contributed by atoms with van der Waals surface area (Å²) in [6, 6.07) is 0.768. The van der Waals surface area contributed by atoms with Crippen LogP contribution in [0.1, 0.15) is 25.7 Å². The molecular weight excluding hydrogens is 170 g/mol. The van der Waals surface area contributed by atoms with Gasteiger partial charge >= 0.3 is 0 Å². The molecule has 72 valence electrons. The smallest absolute Gasteiger partial charge is 0.0431 e. The Balaban J connectivity index is 1.81. The van der Waals surface area contributed by atoms with Crippen LogP contribution >= 0.6 is 11.8 Å². The van der Waals surface area contributed by atoms with Crippen molar-refractivity contribution >= 4 is 11.8 Å². The summed E-state index contributed by atoms with van der Waals surface area (Å²) < 4.78 is 0. The molecule has 0 radical (unpaired) electrons. The third-order valence-electron chi connectivity index (χ3n) is 2.20. The van der Waals surface area contributed by atoms with Crippen molar-refractivity contribution in [2.75, 3.05) is 24.7 Å². The quantitative estimate of drug-likeness (QED) is 0.617. The van der Waals surface area contributed by atoms with E-state index in [1.54, 1.807) is 0 Å². The maximum absolute atomic E-state index is 8.55. The monoisotopic (exact) mass is 189 g/mol. The fourth-order valence-corrected chi connectivity index (χ4v) is 2.60. The van der Waals surface area contributed by atoms with Crippen molar-refractivity contribution < 1.29 is 5.11 Å². The van der Waals surface area contributed by atoms with Gasteiger partial charge < -0.3 is 10.4 Å². The number of aliphatic hydroxyl groups excluding tert-OH is 1. The second kappa shape index (κ2) is 6.75. The van der Waals surface area contributed by atoms with E-state index in [1.807, 2.05) is 11.8 Å². The van der Waals surface area contributed by atoms with E-state index in [1.165, 1.54) is 24.3 Å². The van der Waals surface area contributed by atoms with Crippen LogP contribution in [0.15, 0.2) is 0 Å². The summed E-state index contributed by atoms with van der Waals surface area (Å²) in [6.07, 6.45) is 4.66. The van der Waals surface area contributed by atoms with Crippen molar-refractivity contribution in [1.29, 1.82) is 0 Å². The Morgan fingerprint density at radius 2 is 2.25 bits per heavy atom. The molecule has 0 aromatic heterocycles. The van der Waals surface area contributed by atoms with Crippen LogP contribution in [0.3, 0.4) is 0 Å². The molecule has 1 aliphatic heterocycles. The Kier molecular flexibility index (Phi) is 5.82. The lowest BCUT2D eigenvalue weighted by atomic mass is 10.2. The fraction of sp³-hybridized carbons (Fsp3) is 1.00. The Bertz CT molecular complexity index is 105. The highest BCUT2D eigenvalue weighted by Crippen LogP contribution is 2.16. The molecule has 0 amide bonds. The van der Waals surface area contributed by atoms with E-state index in [4.69, 9.17) is 5.11 Å². The van der Waals surface area contributed by atoms with Gasteiger partial charge in [-0.25, -0.2) is 0 Å². The van der Waals surface area contributed by atoms with Gasteiger partial charge in [0.05, 0.1) is 0 Å². The van der Waals surface area contributed by atoms with Gasteiger partial charge in [0.15, 0.2) is 0 Å². The van der Waals surface area contributed by atoms with Gasteiger partial charge in [0, 0.05) is 18.4 Å². The summed E-state index contributed by atoms with van der Waals surface area (Å²) >= 11 is 2.05. The van der Waals surface area contributed by atoms with Crippen molar-refractivity contribution in [3.05, 3.63) is 0 Å². The van der Waals surface area contributed by atoms with Crippen LogP contribution < -0.4 is 5.32 Å². The van der Waals surface area contributed by atoms with Gasteiger partial charge in [-0.15, -0.1) is 0 Å². The minimum absolute atomic E-state index is 0.347. The van der Waals surface area contributed by atoms with Gasteiger partial charge in [0.1, 0.15) is 0 Å². The molecule has 2 N–H and O–H groups in total. The van der Waals surface area contributed by atoms with E-state index >= 15 is 0 Å². The van der Waals surface area contributed by atoms with Gasteiger partial charge in [-0.1, -0.05) is 0 Å². The maximum atomic E-state index is 8.55. The molecule has 0 aliphatic carbocycles. The van der Waals surface area contributed by atoms with Crippen LogP contribution in [0.5, 0.6) is 0 Å². The molecule has 12 heavy (non-hydrogen) atoms. The predicted octanol–water partition coefficient (Wildman–Crippen LogP) is 1.24. The summed E-state index contributed by atoms with van der Waals surface area (Å²) in [5.41, 5.74) is 0. The van der Waals surface area contributed by atoms with Gasteiger partial charge in [0.25, 0.3) is 0 Å². The van der Waals surface area contributed by atoms with E-state index in [-0.39, 0.29) is 0 Å². The van der Waals surface area contributed by atoms with E-state index in [2.05, 4.69) is 5.32 Å². The molecule has 0 spiro atoms. The van der Waals surface area contributed by atoms with Gasteiger partial charge in [-0.2, -0.15) is 11.8 Å². The van der Waals surface area contributed by atoms with E-state index < -0.39 is 0 Å². The molecule has 1 atom stereocenters. The topological polar surface area (TPSA) is 32.3 Å². The lowest BCUT2D eigenvalue weighted by Crippen LogP contribution is -2.29. The van der Waals surface area contributed by atoms with Gasteiger partial charge in [-0.3, -0.25) is 0 Å². The Morgan fingerprint density at radius 1 is 1.33 bits per heavy atom. The van der Waals surface area contributed by atoms with Crippen LogP contribution in [0.25, 0.3) is 0 Å². The molecule has 1 fully saturated rings. The van der Waals surface area contributed by atoms with E-state index in [0.29, 0.717) is 6.61 Å². The number of thioether (sulfide) groups is 1. The Hall–Kier alpha value is 0.270. The lowest BCUT2D eigenvalue weighted by Gasteiger charge is -2.09. The lowest BCUT2D eigenvalue weighted by molar-refractivity contribution is 0.282. The second-order valence-electron chi connectivity index (χ2n) is 3.30. The molecule has 0 aromatic carbocycles. The number of aliphatic hydroxyl groups is 1. The zero-order valence-electron chi connectivity index (χ0n) is 7.59. The Morgan fingerprint density at radius 3 is 2.92 bits per heavy atom. The average molecular weight is 189 g/mol. The average Bonchev–Trinajstić information content (AvgIpc) is 2.57. The van der Waals surface area contributed by atoms with Gasteiger partial charge in [-0.05, 0) is 38.0 Å². The molecule has 0 bridgehead atoms. The van der Waals surface area contributed by atoms with Crippen molar-refractivity contribution in [1.82, 2.24) is 5.32 Å². The first-order chi connectivity index (χ1) is 5.93. The number of hydrogen-bond acceptors (Lipinski definition) is 3. The van der Waals surface area contributed by atoms with Crippen LogP contribution in [-0.4, -0.2) is 35.8 Å². The van der Waals surface area contributed by atoms with Crippen LogP contribution in [0.2, 0.25) is 0 Å². The van der Waals surface area contributed by atoms with Crippen molar-refractivity contribution in [2.24, 2.45) is 0 Å². The molecule has 1 unspecified atom stereocenters. The van der Waals surface area contributed by atoms with Gasteiger partial charge in [0.2, 0.25) is 0 Å². The molecule has 3 heteroatoms. The van der Waals surface area contributed by atoms with Crippen LogP contribution in [-0.2, 0) is 0 Å². The second-order valence-corrected chi connectivity index (χ2v) is 4.45. The standard InChI is InChI=1S/C9H19NOS/c11-6-3-1-2-5-10-9-4-7-12-8-9/h9-11H,1-8H2. The largest absolute Gasteiger partial charge is 0.396 e. The molecule has 1 rings (SSSR count). The molecular formula is C9H19NOS. The minimum atomic E-state index is 0.347. The highest BCUT2D eigenvalue weighted by Gasteiger charge is 2.13. The molecule has 0 saturated carbocycles. The first-order valence-corrected chi connectivity index (χ1v) is 6.01. The molecule has 1 heterocycles. The van der Waals surface area contributed by atoms with Crippen molar-refractivity contribution in [3.8, 4) is 0 Å².